The van der Waals surface area contributed by atoms with Crippen LogP contribution in [0.2, 0.25) is 0 Å². The number of carbonyl (C=O) groups excluding carboxylic acids is 1. The number of benzene rings is 2. The number of piperidine rings is 1. The van der Waals surface area contributed by atoms with Crippen LogP contribution in [0.5, 0.6) is 5.75 Å². The van der Waals surface area contributed by atoms with Gasteiger partial charge in [0, 0.05) is 25.8 Å². The molecule has 29 heavy (non-hydrogen) atoms. The number of para-hydroxylation sites is 1. The van der Waals surface area contributed by atoms with E-state index in [2.05, 4.69) is 0 Å². The summed E-state index contributed by atoms with van der Waals surface area (Å²) in [6, 6.07) is 14.3. The van der Waals surface area contributed by atoms with Gasteiger partial charge < -0.3 is 9.64 Å². The van der Waals surface area contributed by atoms with Gasteiger partial charge >= 0.3 is 0 Å². The third-order valence-corrected chi connectivity index (χ3v) is 7.15. The Bertz CT molecular complexity index is 960. The number of carbonyl (C=O) groups is 1. The monoisotopic (exact) mass is 416 g/mol. The second-order valence-corrected chi connectivity index (χ2v) is 9.23. The number of aryl methyl sites for hydroxylation is 1. The largest absolute Gasteiger partial charge is 0.494 e. The molecule has 1 atom stereocenters. The normalized spacial score (nSPS) is 17.7. The van der Waals surface area contributed by atoms with Gasteiger partial charge in [0.25, 0.3) is 0 Å². The Morgan fingerprint density at radius 1 is 1.21 bits per heavy atom. The van der Waals surface area contributed by atoms with E-state index in [4.69, 9.17) is 4.74 Å². The van der Waals surface area contributed by atoms with Crippen molar-refractivity contribution in [2.24, 2.45) is 5.92 Å². The van der Waals surface area contributed by atoms with Crippen LogP contribution in [0, 0.1) is 12.8 Å². The van der Waals surface area contributed by atoms with Crippen molar-refractivity contribution in [2.75, 3.05) is 31.6 Å². The van der Waals surface area contributed by atoms with Gasteiger partial charge in [0.1, 0.15) is 5.75 Å². The van der Waals surface area contributed by atoms with Crippen molar-refractivity contribution in [3.8, 4) is 5.75 Å². The number of nitrogens with zero attached hydrogens (tertiary/aromatic N) is 2. The Morgan fingerprint density at radius 2 is 1.93 bits per heavy atom. The number of ether oxygens (including phenoxy) is 1. The molecule has 0 N–H and O–H groups in total. The summed E-state index contributed by atoms with van der Waals surface area (Å²) < 4.78 is 33.3. The predicted molar refractivity (Wildman–Crippen MR) is 114 cm³/mol. The van der Waals surface area contributed by atoms with Gasteiger partial charge in [-0.15, -0.1) is 0 Å². The van der Waals surface area contributed by atoms with Crippen molar-refractivity contribution < 1.29 is 17.9 Å². The highest BCUT2D eigenvalue weighted by Gasteiger charge is 2.34. The number of amides is 1. The average Bonchev–Trinajstić information content (AvgIpc) is 2.75. The van der Waals surface area contributed by atoms with E-state index in [1.165, 1.54) is 4.31 Å². The molecule has 2 aromatic carbocycles. The number of sulfonamides is 1. The van der Waals surface area contributed by atoms with Crippen molar-refractivity contribution in [3.63, 3.8) is 0 Å². The molecule has 1 heterocycles. The van der Waals surface area contributed by atoms with Crippen LogP contribution in [-0.4, -0.2) is 45.4 Å². The van der Waals surface area contributed by atoms with Crippen LogP contribution >= 0.6 is 0 Å². The van der Waals surface area contributed by atoms with Crippen LogP contribution in [0.25, 0.3) is 0 Å². The minimum Gasteiger partial charge on any atom is -0.494 e. The molecule has 7 heteroatoms. The molecule has 2 aromatic rings. The Kier molecular flexibility index (Phi) is 6.59. The first-order chi connectivity index (χ1) is 13.8. The van der Waals surface area contributed by atoms with Crippen LogP contribution < -0.4 is 9.64 Å². The van der Waals surface area contributed by atoms with Crippen LogP contribution in [0.4, 0.5) is 5.69 Å². The lowest BCUT2D eigenvalue weighted by molar-refractivity contribution is -0.123. The summed E-state index contributed by atoms with van der Waals surface area (Å²) in [5, 5.41) is 0. The first kappa shape index (κ1) is 21.3. The summed E-state index contributed by atoms with van der Waals surface area (Å²) >= 11 is 0. The van der Waals surface area contributed by atoms with E-state index < -0.39 is 10.0 Å². The van der Waals surface area contributed by atoms with Crippen molar-refractivity contribution in [2.45, 2.75) is 31.6 Å². The van der Waals surface area contributed by atoms with Crippen LogP contribution in [-0.2, 0) is 14.8 Å². The van der Waals surface area contributed by atoms with Crippen molar-refractivity contribution >= 4 is 21.6 Å². The van der Waals surface area contributed by atoms with E-state index in [-0.39, 0.29) is 23.3 Å². The molecule has 3 rings (SSSR count). The lowest BCUT2D eigenvalue weighted by Crippen LogP contribution is -2.45. The van der Waals surface area contributed by atoms with E-state index in [0.29, 0.717) is 31.7 Å². The molecule has 1 aliphatic rings. The summed E-state index contributed by atoms with van der Waals surface area (Å²) in [5.74, 6) is 0.272. The fraction of sp³-hybridized carbons (Fsp3) is 0.409. The molecular weight excluding hydrogens is 388 g/mol. The van der Waals surface area contributed by atoms with Gasteiger partial charge in [-0.1, -0.05) is 18.2 Å². The quantitative estimate of drug-likeness (QED) is 0.723. The highest BCUT2D eigenvalue weighted by Crippen LogP contribution is 2.28. The van der Waals surface area contributed by atoms with Gasteiger partial charge in [0.2, 0.25) is 15.9 Å². The fourth-order valence-corrected chi connectivity index (χ4v) is 5.27. The number of anilines is 1. The molecule has 0 aliphatic carbocycles. The zero-order chi connectivity index (χ0) is 21.0. The van der Waals surface area contributed by atoms with Crippen LogP contribution in [0.15, 0.2) is 53.4 Å². The number of hydrogen-bond acceptors (Lipinski definition) is 4. The third-order valence-electron chi connectivity index (χ3n) is 5.29. The number of rotatable bonds is 6. The van der Waals surface area contributed by atoms with Crippen molar-refractivity contribution in [1.29, 1.82) is 0 Å². The lowest BCUT2D eigenvalue weighted by Gasteiger charge is -2.33. The molecule has 0 radical (unpaired) electrons. The molecular formula is C22H28N2O4S. The minimum atomic E-state index is -3.67. The molecule has 1 fully saturated rings. The molecule has 6 nitrogen and oxygen atoms in total. The van der Waals surface area contributed by atoms with E-state index in [9.17, 15) is 13.2 Å². The Hall–Kier alpha value is -2.38. The molecule has 0 saturated carbocycles. The SMILES string of the molecule is CCOc1ccc(S(=O)(=O)N2CCCC(C(=O)N(C)c3ccccc3)C2)cc1C. The minimum absolute atomic E-state index is 0.0565. The molecule has 0 aromatic heterocycles. The fourth-order valence-electron chi connectivity index (χ4n) is 3.66. The van der Waals surface area contributed by atoms with Gasteiger partial charge in [-0.2, -0.15) is 4.31 Å². The lowest BCUT2D eigenvalue weighted by atomic mass is 9.98. The maximum atomic E-state index is 13.2. The Labute approximate surface area is 173 Å². The standard InChI is InChI=1S/C22H28N2O4S/c1-4-28-21-13-12-20(15-17(21)2)29(26,27)24-14-8-9-18(16-24)22(25)23(3)19-10-6-5-7-11-19/h5-7,10-13,15,18H,4,8-9,14,16H2,1-3H3. The Balaban J connectivity index is 1.77. The summed E-state index contributed by atoms with van der Waals surface area (Å²) in [7, 11) is -1.93. The smallest absolute Gasteiger partial charge is 0.243 e. The first-order valence-electron chi connectivity index (χ1n) is 9.90. The zero-order valence-electron chi connectivity index (χ0n) is 17.2. The maximum Gasteiger partial charge on any atom is 0.243 e. The van der Waals surface area contributed by atoms with E-state index >= 15 is 0 Å². The van der Waals surface area contributed by atoms with E-state index in [1.807, 2.05) is 44.2 Å². The zero-order valence-corrected chi connectivity index (χ0v) is 18.0. The molecule has 0 spiro atoms. The van der Waals surface area contributed by atoms with E-state index in [0.717, 1.165) is 11.3 Å². The van der Waals surface area contributed by atoms with Gasteiger partial charge in [-0.25, -0.2) is 8.42 Å². The van der Waals surface area contributed by atoms with E-state index in [1.54, 1.807) is 30.1 Å². The first-order valence-corrected chi connectivity index (χ1v) is 11.3. The summed E-state index contributed by atoms with van der Waals surface area (Å²) in [4.78, 5) is 14.8. The highest BCUT2D eigenvalue weighted by atomic mass is 32.2. The van der Waals surface area contributed by atoms with Crippen LogP contribution in [0.1, 0.15) is 25.3 Å². The second-order valence-electron chi connectivity index (χ2n) is 7.30. The molecule has 1 unspecified atom stereocenters. The average molecular weight is 417 g/mol. The summed E-state index contributed by atoms with van der Waals surface area (Å²) in [5.41, 5.74) is 1.58. The Morgan fingerprint density at radius 3 is 2.59 bits per heavy atom. The predicted octanol–water partition coefficient (Wildman–Crippen LogP) is 3.46. The van der Waals surface area contributed by atoms with Crippen molar-refractivity contribution in [1.82, 2.24) is 4.31 Å². The van der Waals surface area contributed by atoms with Gasteiger partial charge in [0.05, 0.1) is 17.4 Å². The summed E-state index contributed by atoms with van der Waals surface area (Å²) in [6.45, 7) is 4.87. The van der Waals surface area contributed by atoms with Gasteiger partial charge in [-0.05, 0) is 62.6 Å². The molecule has 0 bridgehead atoms. The van der Waals surface area contributed by atoms with Gasteiger partial charge in [-0.3, -0.25) is 4.79 Å². The molecule has 1 amide bonds. The number of hydrogen-bond donors (Lipinski definition) is 0. The topological polar surface area (TPSA) is 66.9 Å². The molecule has 1 saturated heterocycles. The third kappa shape index (κ3) is 4.62. The molecule has 1 aliphatic heterocycles. The van der Waals surface area contributed by atoms with Gasteiger partial charge in [0.15, 0.2) is 0 Å². The van der Waals surface area contributed by atoms with Crippen LogP contribution in [0.3, 0.4) is 0 Å². The highest BCUT2D eigenvalue weighted by molar-refractivity contribution is 7.89. The molecule has 156 valence electrons. The maximum absolute atomic E-state index is 13.2. The second kappa shape index (κ2) is 8.97. The van der Waals surface area contributed by atoms with Crippen molar-refractivity contribution in [3.05, 3.63) is 54.1 Å². The summed E-state index contributed by atoms with van der Waals surface area (Å²) in [6.07, 6.45) is 1.35.